The first-order chi connectivity index (χ1) is 39.3. The van der Waals surface area contributed by atoms with E-state index in [1.807, 2.05) is 0 Å². The molecular formula is C77H81N3S. The maximum atomic E-state index is 2.65. The maximum Gasteiger partial charge on any atom is 0.0736 e. The minimum absolute atomic E-state index is 0.0649. The first-order valence-electron chi connectivity index (χ1n) is 29.6. The van der Waals surface area contributed by atoms with Gasteiger partial charge in [0, 0.05) is 55.8 Å². The van der Waals surface area contributed by atoms with Gasteiger partial charge in [-0.2, -0.15) is 0 Å². The highest BCUT2D eigenvalue weighted by atomic mass is 32.3. The van der Waals surface area contributed by atoms with Crippen LogP contribution in [0, 0.1) is 34.6 Å². The van der Waals surface area contributed by atoms with E-state index in [4.69, 9.17) is 0 Å². The number of benzene rings is 10. The summed E-state index contributed by atoms with van der Waals surface area (Å²) in [6.45, 7) is 18.7. The van der Waals surface area contributed by atoms with Crippen LogP contribution >= 0.6 is 10.0 Å². The molecule has 0 saturated heterocycles. The maximum absolute atomic E-state index is 2.65. The quantitative estimate of drug-likeness (QED) is 0.119. The first-order valence-corrected chi connectivity index (χ1v) is 32.5. The van der Waals surface area contributed by atoms with Crippen molar-refractivity contribution < 1.29 is 0 Å². The summed E-state index contributed by atoms with van der Waals surface area (Å²) in [7, 11) is -0.520. The molecule has 0 saturated carbocycles. The summed E-state index contributed by atoms with van der Waals surface area (Å²) in [5.74, 6) is 0. The van der Waals surface area contributed by atoms with Gasteiger partial charge in [0.2, 0.25) is 0 Å². The Hall–Kier alpha value is -7.79. The fourth-order valence-electron chi connectivity index (χ4n) is 13.0. The number of unbranched alkanes of at least 4 members (excludes halogenated alkanes) is 2. The van der Waals surface area contributed by atoms with E-state index in [1.54, 1.807) is 0 Å². The van der Waals surface area contributed by atoms with Crippen molar-refractivity contribution in [3.8, 4) is 16.8 Å². The Morgan fingerprint density at radius 2 is 1.01 bits per heavy atom. The second kappa shape index (κ2) is 23.0. The monoisotopic (exact) mass is 1080 g/mol. The molecule has 0 N–H and O–H groups in total. The number of hydrogen-bond acceptors (Lipinski definition) is 1. The van der Waals surface area contributed by atoms with E-state index in [1.165, 1.54) is 152 Å². The molecule has 13 rings (SSSR count). The minimum atomic E-state index is -0.520. The number of para-hydroxylation sites is 4. The summed E-state index contributed by atoms with van der Waals surface area (Å²) in [6, 6.07) is 77.4. The molecular weight excluding hydrogens is 999 g/mol. The molecule has 410 valence electrons. The van der Waals surface area contributed by atoms with Gasteiger partial charge < -0.3 is 14.0 Å². The third kappa shape index (κ3) is 10.3. The summed E-state index contributed by atoms with van der Waals surface area (Å²) in [5.41, 5.74) is 22.4. The van der Waals surface area contributed by atoms with Gasteiger partial charge in [-0.1, -0.05) is 196 Å². The summed E-state index contributed by atoms with van der Waals surface area (Å²) < 4.78 is 4.96. The molecule has 2 heterocycles. The average Bonchev–Trinajstić information content (AvgIpc) is 3.69. The first kappa shape index (κ1) is 55.1. The van der Waals surface area contributed by atoms with Crippen LogP contribution in [0.25, 0.3) is 71.2 Å². The molecule has 0 aliphatic heterocycles. The molecule has 0 amide bonds. The van der Waals surface area contributed by atoms with Crippen molar-refractivity contribution in [3.63, 3.8) is 0 Å². The fraction of sp³-hybridized carbons (Fsp3) is 0.247. The molecule has 2 aromatic heterocycles. The lowest BCUT2D eigenvalue weighted by Gasteiger charge is -2.35. The van der Waals surface area contributed by atoms with E-state index < -0.39 is 10.0 Å². The van der Waals surface area contributed by atoms with Crippen molar-refractivity contribution in [2.24, 2.45) is 0 Å². The van der Waals surface area contributed by atoms with E-state index in [2.05, 4.69) is 294 Å². The van der Waals surface area contributed by atoms with Crippen LogP contribution in [0.2, 0.25) is 0 Å². The molecule has 1 aliphatic carbocycles. The van der Waals surface area contributed by atoms with Crippen LogP contribution in [0.5, 0.6) is 0 Å². The average molecular weight is 1080 g/mol. The summed E-state index contributed by atoms with van der Waals surface area (Å²) in [6.07, 6.45) is 14.0. The normalized spacial score (nSPS) is 12.8. The molecule has 0 radical (unpaired) electrons. The second-order valence-corrected chi connectivity index (χ2v) is 27.7. The van der Waals surface area contributed by atoms with E-state index in [0.29, 0.717) is 0 Å². The molecule has 81 heavy (non-hydrogen) atoms. The minimum Gasteiger partial charge on any atom is -0.339 e. The van der Waals surface area contributed by atoms with Crippen LogP contribution in [-0.2, 0) is 12.0 Å². The van der Waals surface area contributed by atoms with Crippen LogP contribution in [-0.4, -0.2) is 27.9 Å². The molecule has 10 aromatic carbocycles. The van der Waals surface area contributed by atoms with Crippen LogP contribution in [0.4, 0.5) is 17.1 Å². The highest BCUT2D eigenvalue weighted by Gasteiger charge is 2.44. The van der Waals surface area contributed by atoms with Crippen LogP contribution in [0.15, 0.2) is 211 Å². The summed E-state index contributed by atoms with van der Waals surface area (Å²) >= 11 is 0. The molecule has 4 heteroatoms. The van der Waals surface area contributed by atoms with Crippen molar-refractivity contribution in [1.82, 2.24) is 9.13 Å². The van der Waals surface area contributed by atoms with E-state index >= 15 is 0 Å². The molecule has 0 fully saturated rings. The van der Waals surface area contributed by atoms with Gasteiger partial charge in [0.25, 0.3) is 0 Å². The van der Waals surface area contributed by atoms with Gasteiger partial charge in [-0.15, -0.1) is 0 Å². The number of fused-ring (bicyclic) bond motifs is 11. The Bertz CT molecular complexity index is 4220. The number of aromatic nitrogens is 2. The number of rotatable bonds is 12. The predicted octanol–water partition coefficient (Wildman–Crippen LogP) is 22.1. The highest BCUT2D eigenvalue weighted by molar-refractivity contribution is 8.32. The molecule has 1 aliphatic rings. The van der Waals surface area contributed by atoms with Gasteiger partial charge in [0.1, 0.15) is 0 Å². The van der Waals surface area contributed by atoms with Crippen molar-refractivity contribution in [1.29, 1.82) is 0 Å². The zero-order valence-electron chi connectivity index (χ0n) is 49.8. The molecule has 3 nitrogen and oxygen atoms in total. The number of hydrogen-bond donors (Lipinski definition) is 0. The smallest absolute Gasteiger partial charge is 0.0736 e. The van der Waals surface area contributed by atoms with Crippen molar-refractivity contribution in [2.45, 2.75) is 111 Å². The largest absolute Gasteiger partial charge is 0.339 e. The second-order valence-electron chi connectivity index (χ2n) is 23.6. The van der Waals surface area contributed by atoms with E-state index in [0.717, 1.165) is 25.1 Å². The number of aryl methyl sites for hydroxylation is 6. The summed E-state index contributed by atoms with van der Waals surface area (Å²) in [5, 5.41) is 7.70. The number of anilines is 3. The van der Waals surface area contributed by atoms with Crippen LogP contribution in [0.3, 0.4) is 0 Å². The molecule has 0 atom stereocenters. The third-order valence-corrected chi connectivity index (χ3v) is 19.0. The zero-order chi connectivity index (χ0) is 56.6. The Labute approximate surface area is 484 Å². The van der Waals surface area contributed by atoms with Crippen molar-refractivity contribution in [3.05, 3.63) is 245 Å². The molecule has 0 unspecified atom stereocenters. The van der Waals surface area contributed by atoms with E-state index in [-0.39, 0.29) is 5.41 Å². The summed E-state index contributed by atoms with van der Waals surface area (Å²) in [4.78, 5) is 4.12. The SMILES string of the molecule is CCCCC1(CCCC)c2cc(C)ccc2-c2c1cc(N(c1ccc3c(c1)c1ccccc1n3-c1ccccc1)c1cccc3c4ccccc4n(CC)c13)c1ccccc21.Cc1ccc(C)c(C)c1.Cc1ccc(S(C)(C)C)cc1. The van der Waals surface area contributed by atoms with Crippen LogP contribution < -0.4 is 4.90 Å². The number of nitrogens with zero attached hydrogens (tertiary/aromatic N) is 3. The van der Waals surface area contributed by atoms with Crippen LogP contribution in [0.1, 0.15) is 98.2 Å². The standard InChI is InChI=1S/C58H53N3.C10H16S.C9H12/c1-5-8-34-58(35-9-6-2)49-36-39(4)30-32-47(49)56-45-25-14-13-22-42(45)55(38-50(56)58)61(54-29-19-26-46-43-23-15-17-27-51(43)59(7-3)57(46)54)41-31-33-53-48(37-41)44-24-16-18-28-52(44)60(53)40-20-11-10-12-21-40;1-9-5-7-10(8-6-9)11(2,3)4;1-7-4-5-8(2)9(3)6-7/h10-33,36-38H,5-9,34-35H2,1-4H3;5-8H,1-4H3;4-6H,1-3H3. The van der Waals surface area contributed by atoms with Gasteiger partial charge >= 0.3 is 0 Å². The molecule has 12 aromatic rings. The van der Waals surface area contributed by atoms with Gasteiger partial charge in [-0.05, 0) is 184 Å². The molecule has 0 bridgehead atoms. The molecule has 0 spiro atoms. The van der Waals surface area contributed by atoms with Crippen molar-refractivity contribution >= 4 is 81.5 Å². The lowest BCUT2D eigenvalue weighted by Crippen LogP contribution is -2.26. The topological polar surface area (TPSA) is 13.1 Å². The van der Waals surface area contributed by atoms with Gasteiger partial charge in [-0.3, -0.25) is 0 Å². The lowest BCUT2D eigenvalue weighted by molar-refractivity contribution is 0.414. The van der Waals surface area contributed by atoms with Crippen molar-refractivity contribution in [2.75, 3.05) is 23.7 Å². The van der Waals surface area contributed by atoms with Gasteiger partial charge in [-0.25, -0.2) is 10.0 Å². The zero-order valence-corrected chi connectivity index (χ0v) is 50.6. The highest BCUT2D eigenvalue weighted by Crippen LogP contribution is 2.59. The lowest BCUT2D eigenvalue weighted by atomic mass is 9.70. The third-order valence-electron chi connectivity index (χ3n) is 17.3. The Kier molecular flexibility index (Phi) is 15.6. The van der Waals surface area contributed by atoms with Gasteiger partial charge in [0.15, 0.2) is 0 Å². The van der Waals surface area contributed by atoms with Gasteiger partial charge in [0.05, 0.1) is 27.9 Å². The Morgan fingerprint density at radius 3 is 1.67 bits per heavy atom. The predicted molar refractivity (Wildman–Crippen MR) is 357 cm³/mol. The Balaban J connectivity index is 0.000000291. The fourth-order valence-corrected chi connectivity index (χ4v) is 14.0. The Morgan fingerprint density at radius 1 is 0.432 bits per heavy atom. The van der Waals surface area contributed by atoms with E-state index in [9.17, 15) is 0 Å².